The van der Waals surface area contributed by atoms with Crippen LogP contribution in [0, 0.1) is 0 Å². The van der Waals surface area contributed by atoms with E-state index in [1.54, 1.807) is 30.5 Å². The Morgan fingerprint density at radius 2 is 1.00 bits per heavy atom. The first kappa shape index (κ1) is 22.7. The van der Waals surface area contributed by atoms with Crippen LogP contribution >= 0.6 is 0 Å². The Balaban J connectivity index is 1.27. The van der Waals surface area contributed by atoms with Crippen LogP contribution < -0.4 is 10.6 Å². The third-order valence-corrected chi connectivity index (χ3v) is 5.57. The summed E-state index contributed by atoms with van der Waals surface area (Å²) in [5.74, 6) is 0.260. The van der Waals surface area contributed by atoms with Crippen molar-refractivity contribution in [3.8, 4) is 22.6 Å². The quantitative estimate of drug-likeness (QED) is 0.304. The first-order valence-corrected chi connectivity index (χ1v) is 11.4. The van der Waals surface area contributed by atoms with Gasteiger partial charge in [-0.15, -0.1) is 0 Å². The van der Waals surface area contributed by atoms with Crippen LogP contribution in [0.25, 0.3) is 22.6 Å². The number of benzene rings is 4. The predicted molar refractivity (Wildman–Crippen MR) is 142 cm³/mol. The minimum Gasteiger partial charge on any atom is -0.322 e. The zero-order valence-corrected chi connectivity index (χ0v) is 19.3. The third kappa shape index (κ3) is 5.34. The molecule has 0 saturated heterocycles. The summed E-state index contributed by atoms with van der Waals surface area (Å²) in [7, 11) is 0. The Morgan fingerprint density at radius 3 is 1.50 bits per heavy atom. The van der Waals surface area contributed by atoms with E-state index < -0.39 is 0 Å². The highest BCUT2D eigenvalue weighted by atomic mass is 16.2. The van der Waals surface area contributed by atoms with Gasteiger partial charge in [0.05, 0.1) is 5.69 Å². The Bertz CT molecular complexity index is 1370. The Hall–Kier alpha value is -5.10. The SMILES string of the molecule is O=C(Nc1ccc(-c2ccnc(-c3ccc(NC(=O)c4ccccc4)cc3)n2)cc1)c1ccccc1. The summed E-state index contributed by atoms with van der Waals surface area (Å²) in [4.78, 5) is 33.8. The van der Waals surface area contributed by atoms with Gasteiger partial charge >= 0.3 is 0 Å². The molecule has 0 aliphatic rings. The molecule has 0 spiro atoms. The standard InChI is InChI=1S/C30H22N4O2/c35-29(23-7-3-1-4-8-23)32-25-15-11-21(12-16-25)27-19-20-31-28(34-27)22-13-17-26(18-14-22)33-30(36)24-9-5-2-6-10-24/h1-20H,(H,32,35)(H,33,36). The van der Waals surface area contributed by atoms with Gasteiger partial charge < -0.3 is 10.6 Å². The summed E-state index contributed by atoms with van der Waals surface area (Å²) in [6.45, 7) is 0. The van der Waals surface area contributed by atoms with Crippen LogP contribution in [0.15, 0.2) is 121 Å². The summed E-state index contributed by atoms with van der Waals surface area (Å²) >= 11 is 0. The molecule has 5 rings (SSSR count). The van der Waals surface area contributed by atoms with E-state index in [0.29, 0.717) is 28.3 Å². The molecule has 1 heterocycles. The van der Waals surface area contributed by atoms with E-state index in [9.17, 15) is 9.59 Å². The van der Waals surface area contributed by atoms with Gasteiger partial charge in [-0.25, -0.2) is 9.97 Å². The fraction of sp³-hybridized carbons (Fsp3) is 0. The van der Waals surface area contributed by atoms with Crippen molar-refractivity contribution in [2.75, 3.05) is 10.6 Å². The zero-order valence-electron chi connectivity index (χ0n) is 19.3. The molecule has 1 aromatic heterocycles. The van der Waals surface area contributed by atoms with Gasteiger partial charge in [0, 0.05) is 39.8 Å². The van der Waals surface area contributed by atoms with Crippen LogP contribution in [-0.4, -0.2) is 21.8 Å². The van der Waals surface area contributed by atoms with Crippen molar-refractivity contribution in [3.05, 3.63) is 133 Å². The number of rotatable bonds is 6. The van der Waals surface area contributed by atoms with Gasteiger partial charge in [-0.2, -0.15) is 0 Å². The van der Waals surface area contributed by atoms with Crippen LogP contribution in [0.4, 0.5) is 11.4 Å². The van der Waals surface area contributed by atoms with Crippen LogP contribution in [0.5, 0.6) is 0 Å². The molecular formula is C30H22N4O2. The monoisotopic (exact) mass is 470 g/mol. The highest BCUT2D eigenvalue weighted by Gasteiger charge is 2.09. The fourth-order valence-corrected chi connectivity index (χ4v) is 3.67. The summed E-state index contributed by atoms with van der Waals surface area (Å²) in [6, 6.07) is 34.9. The summed E-state index contributed by atoms with van der Waals surface area (Å²) < 4.78 is 0. The number of hydrogen-bond donors (Lipinski definition) is 2. The summed E-state index contributed by atoms with van der Waals surface area (Å²) in [6.07, 6.45) is 1.72. The lowest BCUT2D eigenvalue weighted by Gasteiger charge is -2.08. The number of nitrogens with one attached hydrogen (secondary N) is 2. The smallest absolute Gasteiger partial charge is 0.255 e. The lowest BCUT2D eigenvalue weighted by Crippen LogP contribution is -2.11. The summed E-state index contributed by atoms with van der Waals surface area (Å²) in [5.41, 5.74) is 5.11. The second-order valence-corrected chi connectivity index (χ2v) is 8.06. The second-order valence-electron chi connectivity index (χ2n) is 8.06. The molecule has 0 radical (unpaired) electrons. The molecule has 6 nitrogen and oxygen atoms in total. The van der Waals surface area contributed by atoms with Gasteiger partial charge in [-0.3, -0.25) is 9.59 Å². The lowest BCUT2D eigenvalue weighted by molar-refractivity contribution is 0.101. The van der Waals surface area contributed by atoms with Crippen molar-refractivity contribution in [2.24, 2.45) is 0 Å². The van der Waals surface area contributed by atoms with Crippen molar-refractivity contribution in [2.45, 2.75) is 0 Å². The number of carbonyl (C=O) groups excluding carboxylic acids is 2. The molecule has 6 heteroatoms. The van der Waals surface area contributed by atoms with E-state index in [0.717, 1.165) is 16.8 Å². The fourth-order valence-electron chi connectivity index (χ4n) is 3.67. The molecule has 36 heavy (non-hydrogen) atoms. The van der Waals surface area contributed by atoms with Crippen molar-refractivity contribution in [1.29, 1.82) is 0 Å². The first-order valence-electron chi connectivity index (χ1n) is 11.4. The largest absolute Gasteiger partial charge is 0.322 e. The minimum absolute atomic E-state index is 0.156. The normalized spacial score (nSPS) is 10.4. The van der Waals surface area contributed by atoms with Crippen LogP contribution in [0.3, 0.4) is 0 Å². The predicted octanol–water partition coefficient (Wildman–Crippen LogP) is 6.32. The van der Waals surface area contributed by atoms with Gasteiger partial charge in [-0.1, -0.05) is 48.5 Å². The number of carbonyl (C=O) groups is 2. The summed E-state index contributed by atoms with van der Waals surface area (Å²) in [5, 5.41) is 5.80. The molecule has 174 valence electrons. The van der Waals surface area contributed by atoms with Crippen molar-refractivity contribution < 1.29 is 9.59 Å². The van der Waals surface area contributed by atoms with Crippen LogP contribution in [0.1, 0.15) is 20.7 Å². The number of hydrogen-bond acceptors (Lipinski definition) is 4. The number of anilines is 2. The van der Waals surface area contributed by atoms with Crippen LogP contribution in [0.2, 0.25) is 0 Å². The maximum absolute atomic E-state index is 12.4. The first-order chi connectivity index (χ1) is 17.7. The Kier molecular flexibility index (Phi) is 6.58. The molecule has 0 aliphatic heterocycles. The van der Waals surface area contributed by atoms with Gasteiger partial charge in [-0.05, 0) is 66.7 Å². The number of nitrogens with zero attached hydrogens (tertiary/aromatic N) is 2. The lowest BCUT2D eigenvalue weighted by atomic mass is 10.1. The molecule has 2 amide bonds. The highest BCUT2D eigenvalue weighted by molar-refractivity contribution is 6.05. The average molecular weight is 471 g/mol. The maximum atomic E-state index is 12.4. The van der Waals surface area contributed by atoms with Crippen molar-refractivity contribution in [1.82, 2.24) is 9.97 Å². The molecule has 0 atom stereocenters. The molecular weight excluding hydrogens is 448 g/mol. The molecule has 0 unspecified atom stereocenters. The van der Waals surface area contributed by atoms with Gasteiger partial charge in [0.2, 0.25) is 0 Å². The van der Waals surface area contributed by atoms with Crippen LogP contribution in [-0.2, 0) is 0 Å². The van der Waals surface area contributed by atoms with Gasteiger partial charge in [0.1, 0.15) is 0 Å². The molecule has 2 N–H and O–H groups in total. The average Bonchev–Trinajstić information content (AvgIpc) is 2.95. The van der Waals surface area contributed by atoms with Crippen molar-refractivity contribution >= 4 is 23.2 Å². The van der Waals surface area contributed by atoms with E-state index in [1.165, 1.54) is 0 Å². The zero-order chi connectivity index (χ0) is 24.7. The van der Waals surface area contributed by atoms with Crippen molar-refractivity contribution in [3.63, 3.8) is 0 Å². The highest BCUT2D eigenvalue weighted by Crippen LogP contribution is 2.24. The van der Waals surface area contributed by atoms with E-state index >= 15 is 0 Å². The Labute approximate surface area is 208 Å². The molecule has 0 bridgehead atoms. The molecule has 5 aromatic rings. The number of amides is 2. The topological polar surface area (TPSA) is 84.0 Å². The van der Waals surface area contributed by atoms with E-state index in [-0.39, 0.29) is 11.8 Å². The minimum atomic E-state index is -0.162. The van der Waals surface area contributed by atoms with E-state index in [2.05, 4.69) is 15.6 Å². The molecule has 0 fully saturated rings. The second kappa shape index (κ2) is 10.4. The molecule has 0 aliphatic carbocycles. The third-order valence-electron chi connectivity index (χ3n) is 5.57. The molecule has 4 aromatic carbocycles. The Morgan fingerprint density at radius 1 is 0.528 bits per heavy atom. The number of aromatic nitrogens is 2. The molecule has 0 saturated carbocycles. The van der Waals surface area contributed by atoms with Gasteiger partial charge in [0.25, 0.3) is 11.8 Å². The maximum Gasteiger partial charge on any atom is 0.255 e. The van der Waals surface area contributed by atoms with E-state index in [4.69, 9.17) is 4.98 Å². The van der Waals surface area contributed by atoms with E-state index in [1.807, 2.05) is 91.0 Å². The van der Waals surface area contributed by atoms with Gasteiger partial charge in [0.15, 0.2) is 5.82 Å².